The number of esters is 1. The summed E-state index contributed by atoms with van der Waals surface area (Å²) >= 11 is 4.13. The minimum Gasteiger partial charge on any atom is -0.491 e. The summed E-state index contributed by atoms with van der Waals surface area (Å²) in [5, 5.41) is 8.51. The Labute approximate surface area is 817 Å². The number of carboxylic acids is 1. The lowest BCUT2D eigenvalue weighted by atomic mass is 9.94. The van der Waals surface area contributed by atoms with E-state index in [4.69, 9.17) is 119 Å². The molecule has 4 heterocycles. The van der Waals surface area contributed by atoms with Gasteiger partial charge < -0.3 is 105 Å². The molecule has 4 aromatic carbocycles. The SMILES string of the molecule is CCOCCOCCOCCOCCOc1ccc(-c2cc(C3=C(c4cc(-c5ccc(OCCOCCOCCOCCOCC(=O)OC)cc5)sc4C)C(F)(F)C(F)(F)C3(F)F)c(C)s2)cc1.COCCOCCOCCOCCOc1ccc(-c2cc(C3=C(c4cc(-c5ccc(OCCOCCOCCOCCOCC(=O)O)cc5)sc4C)C(F)(F)C(F)(F)C3(F)F)c(C)s2)cc1.O=C=O.O=C=O. The number of hydrogen-bond donors (Lipinski definition) is 1. The Morgan fingerprint density at radius 1 is 0.286 bits per heavy atom. The van der Waals surface area contributed by atoms with E-state index < -0.39 is 69.8 Å². The van der Waals surface area contributed by atoms with Crippen LogP contribution in [-0.2, 0) is 109 Å². The molecule has 0 aliphatic heterocycles. The van der Waals surface area contributed by atoms with Crippen molar-refractivity contribution >= 4 is 91.9 Å². The Morgan fingerprint density at radius 3 is 0.664 bits per heavy atom. The Kier molecular flexibility index (Phi) is 51.7. The van der Waals surface area contributed by atoms with Gasteiger partial charge >= 0.3 is 59.8 Å². The van der Waals surface area contributed by atoms with E-state index in [1.807, 2.05) is 6.92 Å². The molecule has 0 saturated carbocycles. The van der Waals surface area contributed by atoms with E-state index in [0.29, 0.717) is 223 Å². The molecule has 0 unspecified atom stereocenters. The standard InChI is InChI=1S/C48H58F6O12S2.C46H54F6O12S2.2CO2/c1-5-57-14-15-58-16-17-59-20-22-62-26-28-65-37-10-6-35(7-11-37)41-30-39(33(2)67-41)44-45(47(51,52)48(53,54)46(44,49)50)40-31-42(68-34(40)3)36-8-12-38(13-9-36)66-29-27-63-23-21-60-18-19-61-24-25-64-32-43(55)56-4;1-31-37(28-39(65-31)33-4-8-35(9-5-33)63-26-24-60-20-18-57-15-14-56-13-12-55-3)42-43(45(49,50)46(51,52)44(42,47)48)38-29-40(66-32(38)2)34-6-10-36(11-7-34)64-27-25-61-21-19-58-16-17-59-22-23-62-30-41(53)54;2*2-1-3/h6-13,30-31H,5,14-29,32H2,1-4H3;4-11,28-29H,12-27,30H2,1-3H3,(H,53,54);;. The molecular formula is C96H112F12O28S4. The van der Waals surface area contributed by atoms with Gasteiger partial charge in [0.05, 0.1) is 192 Å². The summed E-state index contributed by atoms with van der Waals surface area (Å²) in [5.74, 6) is -31.7. The molecule has 4 aromatic heterocycles. The maximum absolute atomic E-state index is 15.9. The summed E-state index contributed by atoms with van der Waals surface area (Å²) < 4.78 is 301. The number of aryl methyl sites for hydroxylation is 4. The summed E-state index contributed by atoms with van der Waals surface area (Å²) in [5.41, 5.74) is -4.85. The molecule has 0 atom stereocenters. The van der Waals surface area contributed by atoms with Crippen molar-refractivity contribution in [3.05, 3.63) is 163 Å². The van der Waals surface area contributed by atoms with E-state index in [9.17, 15) is 9.59 Å². The molecule has 10 rings (SSSR count). The molecule has 0 saturated heterocycles. The number of allylic oxidation sites excluding steroid dienone is 4. The van der Waals surface area contributed by atoms with Gasteiger partial charge in [0.25, 0.3) is 0 Å². The largest absolute Gasteiger partial charge is 0.491 e. The number of carbonyl (C=O) groups excluding carboxylic acids is 5. The fourth-order valence-electron chi connectivity index (χ4n) is 13.3. The van der Waals surface area contributed by atoms with E-state index >= 15 is 52.7 Å². The second-order valence-corrected chi connectivity index (χ2v) is 34.6. The zero-order chi connectivity index (χ0) is 102. The number of carboxylic acid groups (broad SMARTS) is 1. The monoisotopic (exact) mass is 2070 g/mol. The summed E-state index contributed by atoms with van der Waals surface area (Å²) in [4.78, 5) is 56.2. The van der Waals surface area contributed by atoms with Crippen LogP contribution in [0, 0.1) is 27.7 Å². The topological polar surface area (TPSA) is 316 Å². The second kappa shape index (κ2) is 61.5. The van der Waals surface area contributed by atoms with Gasteiger partial charge in [0.2, 0.25) is 0 Å². The average Bonchev–Trinajstić information content (AvgIpc) is 1.53. The third-order valence-corrected chi connectivity index (χ3v) is 24.4. The lowest BCUT2D eigenvalue weighted by Gasteiger charge is -2.25. The molecule has 28 nitrogen and oxygen atoms in total. The summed E-state index contributed by atoms with van der Waals surface area (Å²) in [7, 11) is 2.88. The average molecular weight is 2070 g/mol. The maximum Gasteiger partial charge on any atom is 0.380 e. The van der Waals surface area contributed by atoms with Crippen LogP contribution in [0.4, 0.5) is 52.7 Å². The molecule has 0 radical (unpaired) electrons. The van der Waals surface area contributed by atoms with Crippen molar-refractivity contribution in [3.63, 3.8) is 0 Å². The van der Waals surface area contributed by atoms with Gasteiger partial charge in [-0.25, -0.2) is 9.59 Å². The summed E-state index contributed by atoms with van der Waals surface area (Å²) in [6, 6.07) is 31.6. The second-order valence-electron chi connectivity index (χ2n) is 29.5. The van der Waals surface area contributed by atoms with Gasteiger partial charge in [-0.15, -0.1) is 45.3 Å². The molecule has 44 heteroatoms. The molecule has 0 amide bonds. The zero-order valence-electron chi connectivity index (χ0n) is 77.9. The van der Waals surface area contributed by atoms with Crippen molar-refractivity contribution < 1.29 is 186 Å². The van der Waals surface area contributed by atoms with E-state index in [2.05, 4.69) is 4.74 Å². The third kappa shape index (κ3) is 35.3. The van der Waals surface area contributed by atoms with Crippen LogP contribution in [0.2, 0.25) is 0 Å². The Morgan fingerprint density at radius 2 is 0.471 bits per heavy atom. The Balaban J connectivity index is 0.000000360. The van der Waals surface area contributed by atoms with E-state index in [0.717, 1.165) is 45.3 Å². The first-order valence-corrected chi connectivity index (χ1v) is 47.1. The van der Waals surface area contributed by atoms with Gasteiger partial charge in [0.1, 0.15) is 62.6 Å². The number of carbonyl (C=O) groups is 2. The molecule has 0 fully saturated rings. The highest BCUT2D eigenvalue weighted by Crippen LogP contribution is 2.68. The van der Waals surface area contributed by atoms with Crippen molar-refractivity contribution in [3.8, 4) is 64.8 Å². The van der Waals surface area contributed by atoms with Crippen molar-refractivity contribution in [1.82, 2.24) is 0 Å². The van der Waals surface area contributed by atoms with Gasteiger partial charge in [0, 0.05) is 75.0 Å². The fraction of sp³-hybridized carbons (Fsp3) is 0.500. The van der Waals surface area contributed by atoms with Crippen molar-refractivity contribution in [2.24, 2.45) is 0 Å². The molecule has 0 bridgehead atoms. The van der Waals surface area contributed by atoms with Crippen LogP contribution in [0.15, 0.2) is 121 Å². The molecule has 772 valence electrons. The third-order valence-electron chi connectivity index (χ3n) is 20.0. The predicted molar refractivity (Wildman–Crippen MR) is 493 cm³/mol. The number of thiophene rings is 4. The van der Waals surface area contributed by atoms with E-state index in [1.54, 1.807) is 104 Å². The number of rotatable bonds is 65. The van der Waals surface area contributed by atoms with Crippen molar-refractivity contribution in [2.75, 3.05) is 245 Å². The summed E-state index contributed by atoms with van der Waals surface area (Å²) in [6.45, 7) is 18.8. The number of ether oxygens (including phenoxy) is 21. The van der Waals surface area contributed by atoms with E-state index in [1.165, 1.54) is 59.1 Å². The molecule has 140 heavy (non-hydrogen) atoms. The molecule has 2 aliphatic rings. The molecule has 1 N–H and O–H groups in total. The summed E-state index contributed by atoms with van der Waals surface area (Å²) in [6.07, 6.45) is 0.500. The van der Waals surface area contributed by atoms with E-state index in [-0.39, 0.29) is 127 Å². The number of methoxy groups -OCH3 is 2. The van der Waals surface area contributed by atoms with Gasteiger partial charge in [-0.1, -0.05) is 0 Å². The molecule has 8 aromatic rings. The first kappa shape index (κ1) is 118. The maximum atomic E-state index is 15.9. The number of halogens is 12. The van der Waals surface area contributed by atoms with Crippen LogP contribution in [0.5, 0.6) is 23.0 Å². The van der Waals surface area contributed by atoms with Crippen LogP contribution in [0.3, 0.4) is 0 Å². The van der Waals surface area contributed by atoms with Gasteiger partial charge in [-0.3, -0.25) is 0 Å². The number of benzene rings is 4. The number of alkyl halides is 12. The number of hydrogen-bond acceptors (Lipinski definition) is 31. The normalized spacial score (nSPS) is 14.6. The first-order chi connectivity index (χ1) is 67.2. The van der Waals surface area contributed by atoms with Crippen LogP contribution in [0.1, 0.15) is 48.7 Å². The smallest absolute Gasteiger partial charge is 0.380 e. The molecule has 0 spiro atoms. The quantitative estimate of drug-likeness (QED) is 0.0210. The number of aliphatic carboxylic acids is 1. The van der Waals surface area contributed by atoms with Crippen LogP contribution >= 0.6 is 45.3 Å². The minimum atomic E-state index is -5.70. The highest BCUT2D eigenvalue weighted by Gasteiger charge is 2.82. The highest BCUT2D eigenvalue weighted by atomic mass is 32.1. The Hall–Kier alpha value is -9.42. The van der Waals surface area contributed by atoms with Crippen LogP contribution in [0.25, 0.3) is 64.1 Å². The lowest BCUT2D eigenvalue weighted by Crippen LogP contribution is -2.48. The highest BCUT2D eigenvalue weighted by molar-refractivity contribution is 7.16. The lowest BCUT2D eigenvalue weighted by molar-refractivity contribution is -0.254. The van der Waals surface area contributed by atoms with Gasteiger partial charge in [-0.2, -0.15) is 71.9 Å². The van der Waals surface area contributed by atoms with Crippen LogP contribution in [-0.4, -0.2) is 310 Å². The minimum absolute atomic E-state index is 0.134. The Bertz CT molecular complexity index is 5100. The van der Waals surface area contributed by atoms with Crippen molar-refractivity contribution in [1.29, 1.82) is 0 Å². The first-order valence-electron chi connectivity index (χ1n) is 43.8. The van der Waals surface area contributed by atoms with Crippen LogP contribution < -0.4 is 18.9 Å². The van der Waals surface area contributed by atoms with Crippen molar-refractivity contribution in [2.45, 2.75) is 70.2 Å². The zero-order valence-corrected chi connectivity index (χ0v) is 81.2. The van der Waals surface area contributed by atoms with Gasteiger partial charge in [-0.05, 0) is 200 Å². The molecule has 2 aliphatic carbocycles. The van der Waals surface area contributed by atoms with Gasteiger partial charge in [0.15, 0.2) is 0 Å². The molecular weight excluding hydrogens is 1960 g/mol. The fourth-order valence-corrected chi connectivity index (χ4v) is 17.4. The predicted octanol–water partition coefficient (Wildman–Crippen LogP) is 17.7.